The van der Waals surface area contributed by atoms with Crippen LogP contribution in [0.15, 0.2) is 9.27 Å². The molecule has 1 heterocycles. The van der Waals surface area contributed by atoms with E-state index < -0.39 is 0 Å². The van der Waals surface area contributed by atoms with Crippen molar-refractivity contribution in [2.24, 2.45) is 0 Å². The van der Waals surface area contributed by atoms with E-state index in [1.807, 2.05) is 6.92 Å². The summed E-state index contributed by atoms with van der Waals surface area (Å²) in [6, 6.07) is 0. The summed E-state index contributed by atoms with van der Waals surface area (Å²) in [5.74, 6) is 0. The minimum atomic E-state index is -0.278. The van der Waals surface area contributed by atoms with E-state index in [0.717, 1.165) is 10.2 Å². The standard InChI is InChI=1S/C8H11BrN2O2/c1-5-7(9)6(2)11(4-13-3)8(12)10-5/h4H2,1-3H3. The van der Waals surface area contributed by atoms with Crippen LogP contribution in [0.5, 0.6) is 0 Å². The van der Waals surface area contributed by atoms with Gasteiger partial charge in [0.2, 0.25) is 0 Å². The maximum absolute atomic E-state index is 11.4. The molecule has 0 bridgehead atoms. The summed E-state index contributed by atoms with van der Waals surface area (Å²) in [4.78, 5) is 15.2. The second kappa shape index (κ2) is 4.02. The maximum atomic E-state index is 11.4. The van der Waals surface area contributed by atoms with Gasteiger partial charge in [0, 0.05) is 12.8 Å². The normalized spacial score (nSPS) is 10.5. The van der Waals surface area contributed by atoms with Gasteiger partial charge in [-0.25, -0.2) is 4.79 Å². The molecular formula is C8H11BrN2O2. The third-order valence-corrected chi connectivity index (χ3v) is 2.94. The molecule has 4 nitrogen and oxygen atoms in total. The average molecular weight is 247 g/mol. The molecule has 0 amide bonds. The summed E-state index contributed by atoms with van der Waals surface area (Å²) in [7, 11) is 1.54. The minimum Gasteiger partial charge on any atom is -0.364 e. The number of rotatable bonds is 2. The van der Waals surface area contributed by atoms with Crippen molar-refractivity contribution >= 4 is 15.9 Å². The fourth-order valence-electron chi connectivity index (χ4n) is 1.06. The van der Waals surface area contributed by atoms with E-state index in [2.05, 4.69) is 20.9 Å². The molecule has 13 heavy (non-hydrogen) atoms. The van der Waals surface area contributed by atoms with Gasteiger partial charge in [0.05, 0.1) is 10.2 Å². The molecule has 5 heteroatoms. The monoisotopic (exact) mass is 246 g/mol. The number of aryl methyl sites for hydroxylation is 1. The molecule has 0 radical (unpaired) electrons. The smallest absolute Gasteiger partial charge is 0.349 e. The molecule has 0 aromatic carbocycles. The number of aromatic nitrogens is 2. The highest BCUT2D eigenvalue weighted by Gasteiger charge is 2.07. The molecule has 0 atom stereocenters. The van der Waals surface area contributed by atoms with Gasteiger partial charge in [-0.05, 0) is 29.8 Å². The summed E-state index contributed by atoms with van der Waals surface area (Å²) >= 11 is 3.36. The first-order chi connectivity index (χ1) is 6.07. The Labute approximate surface area is 84.7 Å². The lowest BCUT2D eigenvalue weighted by atomic mass is 10.3. The number of methoxy groups -OCH3 is 1. The van der Waals surface area contributed by atoms with Gasteiger partial charge in [0.25, 0.3) is 0 Å². The first-order valence-corrected chi connectivity index (χ1v) is 4.59. The summed E-state index contributed by atoms with van der Waals surface area (Å²) in [6.07, 6.45) is 0. The Hall–Kier alpha value is -0.680. The lowest BCUT2D eigenvalue weighted by Gasteiger charge is -2.10. The van der Waals surface area contributed by atoms with Crippen LogP contribution in [0.1, 0.15) is 11.4 Å². The van der Waals surface area contributed by atoms with E-state index in [1.54, 1.807) is 14.0 Å². The van der Waals surface area contributed by atoms with Gasteiger partial charge in [-0.15, -0.1) is 0 Å². The molecule has 0 aliphatic rings. The van der Waals surface area contributed by atoms with Crippen LogP contribution in [-0.4, -0.2) is 16.7 Å². The van der Waals surface area contributed by atoms with Gasteiger partial charge >= 0.3 is 5.69 Å². The number of nitrogens with zero attached hydrogens (tertiary/aromatic N) is 2. The zero-order valence-electron chi connectivity index (χ0n) is 7.80. The summed E-state index contributed by atoms with van der Waals surface area (Å²) < 4.78 is 7.21. The third-order valence-electron chi connectivity index (χ3n) is 1.79. The summed E-state index contributed by atoms with van der Waals surface area (Å²) in [6.45, 7) is 3.87. The van der Waals surface area contributed by atoms with Crippen molar-refractivity contribution in [3.63, 3.8) is 0 Å². The zero-order chi connectivity index (χ0) is 10.0. The average Bonchev–Trinajstić information content (AvgIpc) is 2.09. The fraction of sp³-hybridized carbons (Fsp3) is 0.500. The molecule has 0 aliphatic carbocycles. The van der Waals surface area contributed by atoms with Crippen LogP contribution >= 0.6 is 15.9 Å². The minimum absolute atomic E-state index is 0.233. The Kier molecular flexibility index (Phi) is 3.22. The molecule has 72 valence electrons. The van der Waals surface area contributed by atoms with Crippen molar-refractivity contribution in [1.29, 1.82) is 0 Å². The van der Waals surface area contributed by atoms with Gasteiger partial charge in [0.15, 0.2) is 0 Å². The number of ether oxygens (including phenoxy) is 1. The van der Waals surface area contributed by atoms with E-state index in [0.29, 0.717) is 5.69 Å². The van der Waals surface area contributed by atoms with Crippen molar-refractivity contribution < 1.29 is 4.74 Å². The van der Waals surface area contributed by atoms with Crippen LogP contribution in [0.4, 0.5) is 0 Å². The van der Waals surface area contributed by atoms with Gasteiger partial charge < -0.3 is 4.74 Å². The molecule has 0 unspecified atom stereocenters. The second-order valence-corrected chi connectivity index (χ2v) is 3.52. The molecule has 1 aromatic heterocycles. The van der Waals surface area contributed by atoms with Crippen molar-refractivity contribution in [3.8, 4) is 0 Å². The van der Waals surface area contributed by atoms with Gasteiger partial charge in [-0.1, -0.05) is 0 Å². The first kappa shape index (κ1) is 10.4. The van der Waals surface area contributed by atoms with Crippen LogP contribution < -0.4 is 5.69 Å². The largest absolute Gasteiger partial charge is 0.364 e. The van der Waals surface area contributed by atoms with Crippen LogP contribution in [-0.2, 0) is 11.5 Å². The molecule has 0 N–H and O–H groups in total. The van der Waals surface area contributed by atoms with E-state index in [1.165, 1.54) is 4.57 Å². The number of halogens is 1. The molecule has 0 saturated heterocycles. The Morgan fingerprint density at radius 2 is 2.15 bits per heavy atom. The highest BCUT2D eigenvalue weighted by molar-refractivity contribution is 9.10. The predicted octanol–water partition coefficient (Wildman–Crippen LogP) is 1.23. The summed E-state index contributed by atoms with van der Waals surface area (Å²) in [5.41, 5.74) is 1.26. The van der Waals surface area contributed by atoms with Gasteiger partial charge in [-0.3, -0.25) is 4.57 Å². The molecule has 0 fully saturated rings. The number of hydrogen-bond donors (Lipinski definition) is 0. The van der Waals surface area contributed by atoms with E-state index >= 15 is 0 Å². The molecule has 1 aromatic rings. The zero-order valence-corrected chi connectivity index (χ0v) is 9.38. The SMILES string of the molecule is COCn1c(C)c(Br)c(C)nc1=O. The Bertz CT molecular complexity index is 373. The molecular weight excluding hydrogens is 236 g/mol. The predicted molar refractivity (Wildman–Crippen MR) is 52.7 cm³/mol. The van der Waals surface area contributed by atoms with E-state index in [9.17, 15) is 4.79 Å². The first-order valence-electron chi connectivity index (χ1n) is 3.80. The van der Waals surface area contributed by atoms with Crippen LogP contribution in [0.2, 0.25) is 0 Å². The Morgan fingerprint density at radius 1 is 1.54 bits per heavy atom. The lowest BCUT2D eigenvalue weighted by Crippen LogP contribution is -2.27. The molecule has 0 aliphatic heterocycles. The quantitative estimate of drug-likeness (QED) is 0.789. The topological polar surface area (TPSA) is 44.1 Å². The van der Waals surface area contributed by atoms with Gasteiger partial charge in [-0.2, -0.15) is 4.98 Å². The van der Waals surface area contributed by atoms with Crippen LogP contribution in [0, 0.1) is 13.8 Å². The van der Waals surface area contributed by atoms with Crippen LogP contribution in [0.3, 0.4) is 0 Å². The molecule has 1 rings (SSSR count). The van der Waals surface area contributed by atoms with Gasteiger partial charge in [0.1, 0.15) is 6.73 Å². The van der Waals surface area contributed by atoms with E-state index in [4.69, 9.17) is 4.74 Å². The second-order valence-electron chi connectivity index (χ2n) is 2.72. The summed E-state index contributed by atoms with van der Waals surface area (Å²) in [5, 5.41) is 0. The third kappa shape index (κ3) is 1.97. The Morgan fingerprint density at radius 3 is 2.69 bits per heavy atom. The van der Waals surface area contributed by atoms with Crippen molar-refractivity contribution in [3.05, 3.63) is 26.3 Å². The highest BCUT2D eigenvalue weighted by atomic mass is 79.9. The van der Waals surface area contributed by atoms with E-state index in [-0.39, 0.29) is 12.4 Å². The lowest BCUT2D eigenvalue weighted by molar-refractivity contribution is 0.125. The number of hydrogen-bond acceptors (Lipinski definition) is 3. The van der Waals surface area contributed by atoms with Crippen molar-refractivity contribution in [1.82, 2.24) is 9.55 Å². The maximum Gasteiger partial charge on any atom is 0.349 e. The molecule has 0 saturated carbocycles. The highest BCUT2D eigenvalue weighted by Crippen LogP contribution is 2.16. The molecule has 0 spiro atoms. The van der Waals surface area contributed by atoms with Crippen LogP contribution in [0.25, 0.3) is 0 Å². The van der Waals surface area contributed by atoms with Crippen molar-refractivity contribution in [2.75, 3.05) is 7.11 Å². The fourth-order valence-corrected chi connectivity index (χ4v) is 1.36. The van der Waals surface area contributed by atoms with Crippen molar-refractivity contribution in [2.45, 2.75) is 20.6 Å². The Balaban J connectivity index is 3.35.